The monoisotopic (exact) mass is 365 g/mol. The van der Waals surface area contributed by atoms with E-state index in [0.29, 0.717) is 19.0 Å². The van der Waals surface area contributed by atoms with Crippen LogP contribution in [0.5, 0.6) is 0 Å². The molecule has 4 rings (SSSR count). The average Bonchev–Trinajstić information content (AvgIpc) is 2.73. The topological polar surface area (TPSA) is 92.4 Å². The van der Waals surface area contributed by atoms with Crippen LogP contribution in [0.4, 0.5) is 5.69 Å². The van der Waals surface area contributed by atoms with Crippen molar-refractivity contribution in [1.29, 1.82) is 0 Å². The van der Waals surface area contributed by atoms with Gasteiger partial charge >= 0.3 is 0 Å². The number of hydrogen-bond donors (Lipinski definition) is 1. The van der Waals surface area contributed by atoms with Gasteiger partial charge in [0.15, 0.2) is 5.84 Å². The van der Waals surface area contributed by atoms with Crippen molar-refractivity contribution >= 4 is 17.4 Å². The molecule has 0 saturated carbocycles. The second-order valence-corrected chi connectivity index (χ2v) is 6.33. The Labute approximate surface area is 156 Å². The number of benzene rings is 1. The molecule has 1 saturated heterocycles. The molecule has 27 heavy (non-hydrogen) atoms. The lowest BCUT2D eigenvalue weighted by atomic mass is 10.0. The van der Waals surface area contributed by atoms with E-state index in [1.807, 2.05) is 12.3 Å². The molecule has 3 aliphatic rings. The van der Waals surface area contributed by atoms with E-state index in [1.54, 1.807) is 18.2 Å². The quantitative estimate of drug-likeness (QED) is 0.653. The number of dihydropyridines is 1. The van der Waals surface area contributed by atoms with Crippen LogP contribution in [-0.4, -0.2) is 53.8 Å². The number of amidine groups is 2. The Balaban J connectivity index is 1.74. The van der Waals surface area contributed by atoms with E-state index in [0.717, 1.165) is 35.8 Å². The van der Waals surface area contributed by atoms with Gasteiger partial charge < -0.3 is 15.0 Å². The summed E-state index contributed by atoms with van der Waals surface area (Å²) in [5, 5.41) is 14.3. The van der Waals surface area contributed by atoms with Crippen molar-refractivity contribution in [3.05, 3.63) is 76.1 Å². The largest absolute Gasteiger partial charge is 0.378 e. The predicted octanol–water partition coefficient (Wildman–Crippen LogP) is 2.01. The first kappa shape index (κ1) is 17.2. The highest BCUT2D eigenvalue weighted by Crippen LogP contribution is 2.24. The Bertz CT molecular complexity index is 892. The van der Waals surface area contributed by atoms with Gasteiger partial charge in [0.25, 0.3) is 5.69 Å². The number of rotatable bonds is 3. The van der Waals surface area contributed by atoms with Crippen molar-refractivity contribution in [2.75, 3.05) is 26.3 Å². The molecule has 0 amide bonds. The van der Waals surface area contributed by atoms with Gasteiger partial charge in [0.1, 0.15) is 11.9 Å². The Morgan fingerprint density at radius 3 is 2.67 bits per heavy atom. The molecule has 1 aromatic rings. The van der Waals surface area contributed by atoms with E-state index >= 15 is 0 Å². The first-order chi connectivity index (χ1) is 13.2. The van der Waals surface area contributed by atoms with Gasteiger partial charge in [-0.15, -0.1) is 0 Å². The number of nitrogens with one attached hydrogen (secondary N) is 1. The number of morpholine rings is 1. The maximum absolute atomic E-state index is 10.9. The number of allylic oxidation sites excluding steroid dienone is 3. The highest BCUT2D eigenvalue weighted by Gasteiger charge is 2.32. The maximum atomic E-state index is 10.9. The molecular formula is C19H19N5O3. The summed E-state index contributed by atoms with van der Waals surface area (Å²) < 4.78 is 5.46. The molecule has 0 aromatic heterocycles. The van der Waals surface area contributed by atoms with E-state index < -0.39 is 4.92 Å². The molecular weight excluding hydrogens is 346 g/mol. The molecule has 8 heteroatoms. The van der Waals surface area contributed by atoms with Crippen LogP contribution >= 0.6 is 0 Å². The third-order valence-corrected chi connectivity index (χ3v) is 4.65. The van der Waals surface area contributed by atoms with Crippen LogP contribution < -0.4 is 5.32 Å². The summed E-state index contributed by atoms with van der Waals surface area (Å²) in [4.78, 5) is 22.2. The van der Waals surface area contributed by atoms with E-state index in [1.165, 1.54) is 12.1 Å². The summed E-state index contributed by atoms with van der Waals surface area (Å²) in [6.45, 7) is 6.64. The van der Waals surface area contributed by atoms with E-state index in [9.17, 15) is 10.1 Å². The minimum atomic E-state index is -0.417. The number of fused-ring (bicyclic) bond motifs is 1. The van der Waals surface area contributed by atoms with E-state index in [-0.39, 0.29) is 11.7 Å². The fourth-order valence-corrected chi connectivity index (χ4v) is 3.21. The molecule has 1 unspecified atom stereocenters. The molecule has 1 fully saturated rings. The molecule has 138 valence electrons. The van der Waals surface area contributed by atoms with Crippen molar-refractivity contribution in [2.24, 2.45) is 9.98 Å². The fraction of sp³-hybridized carbons (Fsp3) is 0.263. The van der Waals surface area contributed by atoms with Gasteiger partial charge in [0.2, 0.25) is 0 Å². The molecule has 3 aliphatic heterocycles. The minimum absolute atomic E-state index is 0.0424. The number of aliphatic imine (C=N–C) groups is 2. The number of nitrogens with zero attached hydrogens (tertiary/aromatic N) is 4. The molecule has 0 radical (unpaired) electrons. The van der Waals surface area contributed by atoms with E-state index in [4.69, 9.17) is 14.7 Å². The smallest absolute Gasteiger partial charge is 0.269 e. The van der Waals surface area contributed by atoms with Crippen molar-refractivity contribution in [1.82, 2.24) is 10.2 Å². The number of non-ortho nitro benzene ring substituents is 1. The molecule has 1 atom stereocenters. The van der Waals surface area contributed by atoms with Crippen LogP contribution in [0.15, 0.2) is 70.5 Å². The summed E-state index contributed by atoms with van der Waals surface area (Å²) in [7, 11) is 0. The second kappa shape index (κ2) is 7.16. The molecule has 1 aromatic carbocycles. The zero-order valence-corrected chi connectivity index (χ0v) is 14.7. The molecule has 0 bridgehead atoms. The van der Waals surface area contributed by atoms with Gasteiger partial charge in [-0.05, 0) is 23.8 Å². The summed E-state index contributed by atoms with van der Waals surface area (Å²) in [5.74, 6) is 1.42. The molecule has 0 spiro atoms. The van der Waals surface area contributed by atoms with Gasteiger partial charge in [-0.3, -0.25) is 10.1 Å². The van der Waals surface area contributed by atoms with Gasteiger partial charge in [-0.25, -0.2) is 9.98 Å². The third kappa shape index (κ3) is 3.39. The van der Waals surface area contributed by atoms with Gasteiger partial charge in [-0.2, -0.15) is 0 Å². The van der Waals surface area contributed by atoms with Crippen molar-refractivity contribution in [3.63, 3.8) is 0 Å². The van der Waals surface area contributed by atoms with E-state index in [2.05, 4.69) is 16.8 Å². The fourth-order valence-electron chi connectivity index (χ4n) is 3.21. The zero-order valence-electron chi connectivity index (χ0n) is 14.7. The van der Waals surface area contributed by atoms with Crippen LogP contribution in [-0.2, 0) is 4.74 Å². The molecule has 8 nitrogen and oxygen atoms in total. The summed E-state index contributed by atoms with van der Waals surface area (Å²) in [6, 6.07) is 6.17. The van der Waals surface area contributed by atoms with Crippen molar-refractivity contribution in [3.8, 4) is 0 Å². The van der Waals surface area contributed by atoms with Crippen LogP contribution in [0.25, 0.3) is 0 Å². The molecule has 3 heterocycles. The highest BCUT2D eigenvalue weighted by atomic mass is 16.6. The second-order valence-electron chi connectivity index (χ2n) is 6.33. The Hall–Kier alpha value is -3.26. The van der Waals surface area contributed by atoms with Crippen LogP contribution in [0.3, 0.4) is 0 Å². The maximum Gasteiger partial charge on any atom is 0.269 e. The zero-order chi connectivity index (χ0) is 18.8. The number of hydrogen-bond acceptors (Lipinski definition) is 7. The Kier molecular flexibility index (Phi) is 4.55. The van der Waals surface area contributed by atoms with Crippen LogP contribution in [0.1, 0.15) is 5.56 Å². The summed E-state index contributed by atoms with van der Waals surface area (Å²) in [6.07, 6.45) is 5.65. The Morgan fingerprint density at radius 2 is 2.00 bits per heavy atom. The normalized spacial score (nSPS) is 21.8. The molecule has 1 N–H and O–H groups in total. The first-order valence-electron chi connectivity index (χ1n) is 8.71. The van der Waals surface area contributed by atoms with Crippen LogP contribution in [0, 0.1) is 10.1 Å². The van der Waals surface area contributed by atoms with Gasteiger partial charge in [-0.1, -0.05) is 12.7 Å². The van der Waals surface area contributed by atoms with Crippen molar-refractivity contribution < 1.29 is 9.66 Å². The minimum Gasteiger partial charge on any atom is -0.378 e. The average molecular weight is 365 g/mol. The first-order valence-corrected chi connectivity index (χ1v) is 8.71. The molecule has 0 aliphatic carbocycles. The lowest BCUT2D eigenvalue weighted by Crippen LogP contribution is -2.52. The SMILES string of the molecule is C=CC1=CNC2C(=C1)N=C(c1ccc([N+](=O)[O-])cc1)N=C2N1CCOCC1. The van der Waals surface area contributed by atoms with Crippen molar-refractivity contribution in [2.45, 2.75) is 6.04 Å². The number of nitro benzene ring substituents is 1. The lowest BCUT2D eigenvalue weighted by Gasteiger charge is -2.36. The summed E-state index contributed by atoms with van der Waals surface area (Å²) >= 11 is 0. The number of nitro groups is 1. The standard InChI is InChI=1S/C19H19N5O3/c1-2-13-11-16-17(20-12-13)19(23-7-9-27-10-8-23)22-18(21-16)14-3-5-15(6-4-14)24(25)26/h2-6,11-12,17,20H,1,7-10H2. The van der Waals surface area contributed by atoms with Crippen LogP contribution in [0.2, 0.25) is 0 Å². The highest BCUT2D eigenvalue weighted by molar-refractivity contribution is 6.11. The third-order valence-electron chi connectivity index (χ3n) is 4.65. The number of ether oxygens (including phenoxy) is 1. The Morgan fingerprint density at radius 1 is 1.26 bits per heavy atom. The lowest BCUT2D eigenvalue weighted by molar-refractivity contribution is -0.384. The summed E-state index contributed by atoms with van der Waals surface area (Å²) in [5.41, 5.74) is 2.56. The predicted molar refractivity (Wildman–Crippen MR) is 103 cm³/mol. The van der Waals surface area contributed by atoms with Gasteiger partial charge in [0.05, 0.1) is 23.8 Å². The van der Waals surface area contributed by atoms with Gasteiger partial charge in [0, 0.05) is 37.0 Å².